The van der Waals surface area contributed by atoms with Gasteiger partial charge in [0.15, 0.2) is 17.5 Å². The third-order valence-electron chi connectivity index (χ3n) is 5.15. The summed E-state index contributed by atoms with van der Waals surface area (Å²) >= 11 is 0. The third-order valence-corrected chi connectivity index (χ3v) is 5.15. The number of aliphatic hydroxyl groups is 1. The molecule has 29 heavy (non-hydrogen) atoms. The highest BCUT2D eigenvalue weighted by Gasteiger charge is 2.36. The lowest BCUT2D eigenvalue weighted by Gasteiger charge is -2.26. The standard InChI is InChI=1S/C22H28FN3O2.HI/c1-4-24-21(26(2)14-16-9-10-20(28-3)19(23)13-16)25-15-22(27)12-11-17-7-5-6-8-18(17)22;/h5-10,13,27H,4,11-12,14-15H2,1-3H3,(H,24,25);1H. The molecule has 1 aliphatic carbocycles. The van der Waals surface area contributed by atoms with E-state index in [2.05, 4.69) is 16.4 Å². The Morgan fingerprint density at radius 3 is 2.76 bits per heavy atom. The second-order valence-electron chi connectivity index (χ2n) is 7.18. The minimum Gasteiger partial charge on any atom is -0.494 e. The van der Waals surface area contributed by atoms with Crippen LogP contribution in [0.3, 0.4) is 0 Å². The van der Waals surface area contributed by atoms with Crippen LogP contribution in [-0.2, 0) is 18.6 Å². The highest BCUT2D eigenvalue weighted by Crippen LogP contribution is 2.36. The number of nitrogens with one attached hydrogen (secondary N) is 1. The Labute approximate surface area is 189 Å². The molecule has 3 rings (SSSR count). The van der Waals surface area contributed by atoms with Crippen LogP contribution in [0.2, 0.25) is 0 Å². The predicted octanol–water partition coefficient (Wildman–Crippen LogP) is 3.68. The highest BCUT2D eigenvalue weighted by atomic mass is 127. The summed E-state index contributed by atoms with van der Waals surface area (Å²) in [7, 11) is 3.35. The van der Waals surface area contributed by atoms with E-state index in [9.17, 15) is 9.50 Å². The second-order valence-corrected chi connectivity index (χ2v) is 7.18. The SMILES string of the molecule is CCNC(=NCC1(O)CCc2ccccc21)N(C)Cc1ccc(OC)c(F)c1.I. The van der Waals surface area contributed by atoms with Gasteiger partial charge in [-0.1, -0.05) is 30.3 Å². The molecule has 0 aliphatic heterocycles. The normalized spacial score (nSPS) is 18.0. The fourth-order valence-electron chi connectivity index (χ4n) is 3.66. The van der Waals surface area contributed by atoms with Gasteiger partial charge in [-0.3, -0.25) is 0 Å². The number of fused-ring (bicyclic) bond motifs is 1. The number of aryl methyl sites for hydroxylation is 1. The molecule has 0 aromatic heterocycles. The molecule has 1 atom stereocenters. The van der Waals surface area contributed by atoms with E-state index in [-0.39, 0.29) is 42.1 Å². The van der Waals surface area contributed by atoms with Crippen LogP contribution in [-0.4, -0.2) is 43.2 Å². The van der Waals surface area contributed by atoms with Crippen molar-refractivity contribution in [2.75, 3.05) is 27.2 Å². The van der Waals surface area contributed by atoms with E-state index < -0.39 is 5.60 Å². The number of methoxy groups -OCH3 is 1. The van der Waals surface area contributed by atoms with Crippen molar-refractivity contribution in [1.82, 2.24) is 10.2 Å². The van der Waals surface area contributed by atoms with E-state index in [0.29, 0.717) is 25.5 Å². The molecule has 0 saturated heterocycles. The van der Waals surface area contributed by atoms with Gasteiger partial charge < -0.3 is 20.1 Å². The Balaban J connectivity index is 0.00000300. The molecule has 0 spiro atoms. The first-order valence-electron chi connectivity index (χ1n) is 9.59. The van der Waals surface area contributed by atoms with Gasteiger partial charge in [0.2, 0.25) is 0 Å². The molecule has 0 bridgehead atoms. The van der Waals surface area contributed by atoms with Crippen LogP contribution in [0.15, 0.2) is 47.5 Å². The van der Waals surface area contributed by atoms with Crippen LogP contribution in [0.1, 0.15) is 30.0 Å². The first-order chi connectivity index (χ1) is 13.5. The summed E-state index contributed by atoms with van der Waals surface area (Å²) in [5.74, 6) is 0.526. The summed E-state index contributed by atoms with van der Waals surface area (Å²) < 4.78 is 18.9. The quantitative estimate of drug-likeness (QED) is 0.352. The van der Waals surface area contributed by atoms with Gasteiger partial charge in [0, 0.05) is 20.1 Å². The molecule has 0 heterocycles. The number of aliphatic imine (C=N–C) groups is 1. The molecule has 0 fully saturated rings. The minimum atomic E-state index is -0.940. The van der Waals surface area contributed by atoms with Gasteiger partial charge in [-0.25, -0.2) is 9.38 Å². The van der Waals surface area contributed by atoms with Crippen LogP contribution in [0, 0.1) is 5.82 Å². The number of guanidine groups is 1. The largest absolute Gasteiger partial charge is 0.494 e. The zero-order valence-electron chi connectivity index (χ0n) is 17.1. The number of ether oxygens (including phenoxy) is 1. The van der Waals surface area contributed by atoms with Crippen LogP contribution < -0.4 is 10.1 Å². The lowest BCUT2D eigenvalue weighted by atomic mass is 9.96. The Hall–Kier alpha value is -1.87. The molecule has 7 heteroatoms. The van der Waals surface area contributed by atoms with Crippen LogP contribution in [0.25, 0.3) is 0 Å². The fourth-order valence-corrected chi connectivity index (χ4v) is 3.66. The molecule has 1 unspecified atom stereocenters. The number of hydrogen-bond acceptors (Lipinski definition) is 3. The van der Waals surface area contributed by atoms with E-state index in [1.807, 2.05) is 43.1 Å². The zero-order valence-corrected chi connectivity index (χ0v) is 19.4. The van der Waals surface area contributed by atoms with Crippen molar-refractivity contribution in [2.24, 2.45) is 4.99 Å². The van der Waals surface area contributed by atoms with Gasteiger partial charge >= 0.3 is 0 Å². The van der Waals surface area contributed by atoms with Crippen LogP contribution in [0.5, 0.6) is 5.75 Å². The minimum absolute atomic E-state index is 0. The Kier molecular flexibility index (Phi) is 8.27. The van der Waals surface area contributed by atoms with E-state index in [4.69, 9.17) is 4.74 Å². The molecule has 158 valence electrons. The van der Waals surface area contributed by atoms with E-state index in [1.165, 1.54) is 18.7 Å². The summed E-state index contributed by atoms with van der Waals surface area (Å²) in [6.45, 7) is 3.47. The summed E-state index contributed by atoms with van der Waals surface area (Å²) in [6.07, 6.45) is 1.53. The van der Waals surface area contributed by atoms with Gasteiger partial charge in [-0.05, 0) is 48.6 Å². The Bertz CT molecular complexity index is 862. The van der Waals surface area contributed by atoms with Crippen molar-refractivity contribution < 1.29 is 14.2 Å². The number of benzene rings is 2. The molecule has 0 amide bonds. The number of rotatable bonds is 6. The molecule has 2 aromatic carbocycles. The maximum Gasteiger partial charge on any atom is 0.194 e. The number of halogens is 2. The summed E-state index contributed by atoms with van der Waals surface area (Å²) in [5, 5.41) is 14.4. The smallest absolute Gasteiger partial charge is 0.194 e. The fraction of sp³-hybridized carbons (Fsp3) is 0.409. The topological polar surface area (TPSA) is 57.1 Å². The van der Waals surface area contributed by atoms with E-state index in [0.717, 1.165) is 17.5 Å². The van der Waals surface area contributed by atoms with E-state index in [1.54, 1.807) is 6.07 Å². The average molecular weight is 513 g/mol. The van der Waals surface area contributed by atoms with Gasteiger partial charge in [-0.2, -0.15) is 0 Å². The predicted molar refractivity (Wildman–Crippen MR) is 124 cm³/mol. The van der Waals surface area contributed by atoms with Gasteiger partial charge in [0.25, 0.3) is 0 Å². The van der Waals surface area contributed by atoms with Crippen LogP contribution >= 0.6 is 24.0 Å². The first-order valence-corrected chi connectivity index (χ1v) is 9.59. The average Bonchev–Trinajstić information content (AvgIpc) is 3.03. The summed E-state index contributed by atoms with van der Waals surface area (Å²) in [4.78, 5) is 6.61. The monoisotopic (exact) mass is 513 g/mol. The highest BCUT2D eigenvalue weighted by molar-refractivity contribution is 14.0. The maximum absolute atomic E-state index is 14.0. The number of nitrogens with zero attached hydrogens (tertiary/aromatic N) is 2. The summed E-state index contributed by atoms with van der Waals surface area (Å²) in [6, 6.07) is 12.9. The maximum atomic E-state index is 14.0. The Morgan fingerprint density at radius 1 is 1.31 bits per heavy atom. The first kappa shape index (κ1) is 23.4. The van der Waals surface area contributed by atoms with Crippen molar-refractivity contribution in [1.29, 1.82) is 0 Å². The molecule has 0 radical (unpaired) electrons. The van der Waals surface area contributed by atoms with E-state index >= 15 is 0 Å². The molecular weight excluding hydrogens is 484 g/mol. The molecule has 5 nitrogen and oxygen atoms in total. The lowest BCUT2D eigenvalue weighted by molar-refractivity contribution is 0.0483. The molecule has 0 saturated carbocycles. The number of hydrogen-bond donors (Lipinski definition) is 2. The molecule has 2 aromatic rings. The van der Waals surface area contributed by atoms with Crippen molar-refractivity contribution in [2.45, 2.75) is 31.9 Å². The molecule has 1 aliphatic rings. The zero-order chi connectivity index (χ0) is 20.1. The van der Waals surface area contributed by atoms with Crippen LogP contribution in [0.4, 0.5) is 4.39 Å². The van der Waals surface area contributed by atoms with Crippen molar-refractivity contribution in [3.8, 4) is 5.75 Å². The van der Waals surface area contributed by atoms with Crippen molar-refractivity contribution >= 4 is 29.9 Å². The van der Waals surface area contributed by atoms with Gasteiger partial charge in [0.1, 0.15) is 5.60 Å². The Morgan fingerprint density at radius 2 is 2.07 bits per heavy atom. The molecular formula is C22H29FIN3O2. The molecule has 2 N–H and O–H groups in total. The lowest BCUT2D eigenvalue weighted by Crippen LogP contribution is -2.40. The van der Waals surface area contributed by atoms with Gasteiger partial charge in [-0.15, -0.1) is 24.0 Å². The van der Waals surface area contributed by atoms with Crippen molar-refractivity contribution in [3.63, 3.8) is 0 Å². The van der Waals surface area contributed by atoms with Crippen molar-refractivity contribution in [3.05, 3.63) is 65.0 Å². The van der Waals surface area contributed by atoms with Gasteiger partial charge in [0.05, 0.1) is 13.7 Å². The summed E-state index contributed by atoms with van der Waals surface area (Å²) in [5.41, 5.74) is 2.03. The second kappa shape index (κ2) is 10.2. The third kappa shape index (κ3) is 5.39.